The van der Waals surface area contributed by atoms with Crippen molar-refractivity contribution in [3.05, 3.63) is 118 Å². The number of nitrogens with one attached hydrogen (secondary N) is 2. The lowest BCUT2D eigenvalue weighted by atomic mass is 9.82. The first-order valence-electron chi connectivity index (χ1n) is 11.9. The predicted molar refractivity (Wildman–Crippen MR) is 141 cm³/mol. The van der Waals surface area contributed by atoms with E-state index in [9.17, 15) is 19.8 Å². The fourth-order valence-corrected chi connectivity index (χ4v) is 4.49. The van der Waals surface area contributed by atoms with E-state index in [1.54, 1.807) is 30.3 Å². The van der Waals surface area contributed by atoms with E-state index in [0.717, 1.165) is 22.5 Å². The van der Waals surface area contributed by atoms with Crippen molar-refractivity contribution < 1.29 is 19.8 Å². The van der Waals surface area contributed by atoms with Gasteiger partial charge in [0.2, 0.25) is 0 Å². The largest absolute Gasteiger partial charge is 0.396 e. The second kappa shape index (κ2) is 10.2. The van der Waals surface area contributed by atoms with Crippen LogP contribution in [0.1, 0.15) is 43.0 Å². The zero-order valence-corrected chi connectivity index (χ0v) is 19.6. The molecule has 0 radical (unpaired) electrons. The number of aliphatic hydroxyl groups is 2. The fraction of sp³-hybridized carbons (Fsp3) is 0.133. The third kappa shape index (κ3) is 4.52. The molecular formula is C30H26N2O4. The number of aliphatic hydroxyl groups excluding tert-OH is 2. The number of fused-ring (bicyclic) bond motifs is 2. The monoisotopic (exact) mass is 478 g/mol. The molecule has 0 spiro atoms. The van der Waals surface area contributed by atoms with Gasteiger partial charge in [0, 0.05) is 41.3 Å². The van der Waals surface area contributed by atoms with E-state index in [-0.39, 0.29) is 24.8 Å². The van der Waals surface area contributed by atoms with Crippen LogP contribution in [-0.2, 0) is 12.8 Å². The molecule has 4 N–H and O–H groups in total. The van der Waals surface area contributed by atoms with Gasteiger partial charge < -0.3 is 20.8 Å². The van der Waals surface area contributed by atoms with Crippen LogP contribution in [0, 0.1) is 0 Å². The molecule has 0 bridgehead atoms. The maximum Gasteiger partial charge on any atom is 0.196 e. The summed E-state index contributed by atoms with van der Waals surface area (Å²) in [5.41, 5.74) is 6.27. The molecule has 180 valence electrons. The minimum atomic E-state index is -0.207. The molecule has 0 aromatic heterocycles. The molecule has 1 aliphatic carbocycles. The van der Waals surface area contributed by atoms with E-state index in [0.29, 0.717) is 46.5 Å². The van der Waals surface area contributed by atoms with E-state index in [4.69, 9.17) is 0 Å². The molecular weight excluding hydrogens is 452 g/mol. The van der Waals surface area contributed by atoms with Gasteiger partial charge in [0.25, 0.3) is 0 Å². The van der Waals surface area contributed by atoms with Crippen LogP contribution in [-0.4, -0.2) is 35.0 Å². The lowest BCUT2D eigenvalue weighted by molar-refractivity contribution is 0.0980. The number of carbonyl (C=O) groups is 2. The molecule has 6 heteroatoms. The first-order chi connectivity index (χ1) is 17.6. The Morgan fingerprint density at radius 1 is 0.556 bits per heavy atom. The highest BCUT2D eigenvalue weighted by atomic mass is 16.3. The normalized spacial score (nSPS) is 12.2. The van der Waals surface area contributed by atoms with Crippen molar-refractivity contribution in [2.24, 2.45) is 0 Å². The van der Waals surface area contributed by atoms with Crippen LogP contribution >= 0.6 is 0 Å². The average molecular weight is 479 g/mol. The zero-order valence-electron chi connectivity index (χ0n) is 19.6. The van der Waals surface area contributed by atoms with Crippen molar-refractivity contribution in [2.45, 2.75) is 12.8 Å². The lowest BCUT2D eigenvalue weighted by Gasteiger charge is -2.24. The Labute approximate surface area is 209 Å². The molecule has 0 saturated carbocycles. The molecule has 1 aliphatic rings. The first kappa shape index (κ1) is 23.5. The molecule has 0 aliphatic heterocycles. The Morgan fingerprint density at radius 3 is 1.64 bits per heavy atom. The summed E-state index contributed by atoms with van der Waals surface area (Å²) in [6.07, 6.45) is 1.14. The van der Waals surface area contributed by atoms with Crippen LogP contribution in [0.2, 0.25) is 0 Å². The SMILES string of the molecule is O=C1c2ccccc2C(=O)c2c1ccc(Nc1ccc(CCO)cc1)c2Nc1ccc(CCO)cc1. The van der Waals surface area contributed by atoms with Crippen LogP contribution in [0.3, 0.4) is 0 Å². The van der Waals surface area contributed by atoms with Gasteiger partial charge in [-0.1, -0.05) is 48.5 Å². The lowest BCUT2D eigenvalue weighted by Crippen LogP contribution is -2.22. The summed E-state index contributed by atoms with van der Waals surface area (Å²) in [7, 11) is 0. The third-order valence-electron chi connectivity index (χ3n) is 6.35. The maximum absolute atomic E-state index is 13.7. The number of hydrogen-bond acceptors (Lipinski definition) is 6. The first-order valence-corrected chi connectivity index (χ1v) is 11.9. The third-order valence-corrected chi connectivity index (χ3v) is 6.35. The Morgan fingerprint density at radius 2 is 1.08 bits per heavy atom. The Kier molecular flexibility index (Phi) is 6.62. The topological polar surface area (TPSA) is 98.7 Å². The smallest absolute Gasteiger partial charge is 0.196 e. The van der Waals surface area contributed by atoms with Gasteiger partial charge in [-0.15, -0.1) is 0 Å². The molecule has 0 unspecified atom stereocenters. The molecule has 36 heavy (non-hydrogen) atoms. The molecule has 4 aromatic rings. The summed E-state index contributed by atoms with van der Waals surface area (Å²) in [6, 6.07) is 25.7. The van der Waals surface area contributed by atoms with Crippen LogP contribution in [0.4, 0.5) is 22.7 Å². The maximum atomic E-state index is 13.7. The predicted octanol–water partition coefficient (Wildman–Crippen LogP) is 5.02. The summed E-state index contributed by atoms with van der Waals surface area (Å²) in [5.74, 6) is -0.386. The zero-order chi connectivity index (χ0) is 25.1. The highest BCUT2D eigenvalue weighted by Crippen LogP contribution is 2.39. The highest BCUT2D eigenvalue weighted by Gasteiger charge is 2.32. The van der Waals surface area contributed by atoms with E-state index in [1.165, 1.54) is 0 Å². The number of rotatable bonds is 8. The summed E-state index contributed by atoms with van der Waals surface area (Å²) in [5, 5.41) is 25.1. The second-order valence-electron chi connectivity index (χ2n) is 8.71. The molecule has 5 rings (SSSR count). The van der Waals surface area contributed by atoms with Gasteiger partial charge in [0.15, 0.2) is 11.6 Å². The van der Waals surface area contributed by atoms with Crippen LogP contribution in [0.5, 0.6) is 0 Å². The van der Waals surface area contributed by atoms with Crippen molar-refractivity contribution in [3.63, 3.8) is 0 Å². The van der Waals surface area contributed by atoms with E-state index < -0.39 is 0 Å². The Bertz CT molecular complexity index is 1430. The van der Waals surface area contributed by atoms with Crippen molar-refractivity contribution in [1.82, 2.24) is 0 Å². The van der Waals surface area contributed by atoms with Crippen LogP contribution < -0.4 is 10.6 Å². The molecule has 4 aromatic carbocycles. The summed E-state index contributed by atoms with van der Waals surface area (Å²) in [6.45, 7) is 0.153. The quantitative estimate of drug-likeness (QED) is 0.250. The molecule has 6 nitrogen and oxygen atoms in total. The minimum absolute atomic E-state index is 0.0696. The van der Waals surface area contributed by atoms with Crippen LogP contribution in [0.15, 0.2) is 84.9 Å². The number of benzene rings is 4. The number of ketones is 2. The van der Waals surface area contributed by atoms with Gasteiger partial charge in [-0.05, 0) is 60.4 Å². The van der Waals surface area contributed by atoms with E-state index in [1.807, 2.05) is 54.6 Å². The van der Waals surface area contributed by atoms with Crippen LogP contribution in [0.25, 0.3) is 0 Å². The van der Waals surface area contributed by atoms with E-state index in [2.05, 4.69) is 10.6 Å². The molecule has 0 atom stereocenters. The van der Waals surface area contributed by atoms with Gasteiger partial charge in [0.1, 0.15) is 0 Å². The number of carbonyl (C=O) groups excluding carboxylic acids is 2. The summed E-state index contributed by atoms with van der Waals surface area (Å²) >= 11 is 0. The molecule has 0 fully saturated rings. The van der Waals surface area contributed by atoms with Gasteiger partial charge in [-0.2, -0.15) is 0 Å². The van der Waals surface area contributed by atoms with Gasteiger partial charge >= 0.3 is 0 Å². The standard InChI is InChI=1S/C30H26N2O4/c33-17-15-19-5-9-21(10-6-19)31-26-14-13-25-27(30(36)24-4-2-1-3-23(24)29(25)35)28(26)32-22-11-7-20(8-12-22)16-18-34/h1-14,31-34H,15-18H2. The van der Waals surface area contributed by atoms with E-state index >= 15 is 0 Å². The minimum Gasteiger partial charge on any atom is -0.396 e. The number of hydrogen-bond donors (Lipinski definition) is 4. The Balaban J connectivity index is 1.59. The Hall–Kier alpha value is -4.26. The number of anilines is 4. The molecule has 0 heterocycles. The fourth-order valence-electron chi connectivity index (χ4n) is 4.49. The van der Waals surface area contributed by atoms with Crippen molar-refractivity contribution >= 4 is 34.3 Å². The second-order valence-corrected chi connectivity index (χ2v) is 8.71. The van der Waals surface area contributed by atoms with Gasteiger partial charge in [-0.25, -0.2) is 0 Å². The molecule has 0 saturated heterocycles. The van der Waals surface area contributed by atoms with Crippen molar-refractivity contribution in [2.75, 3.05) is 23.8 Å². The summed E-state index contributed by atoms with van der Waals surface area (Å²) < 4.78 is 0. The van der Waals surface area contributed by atoms with Crippen molar-refractivity contribution in [1.29, 1.82) is 0 Å². The molecule has 0 amide bonds. The van der Waals surface area contributed by atoms with Crippen molar-refractivity contribution in [3.8, 4) is 0 Å². The average Bonchev–Trinajstić information content (AvgIpc) is 2.90. The van der Waals surface area contributed by atoms with Gasteiger partial charge in [0.05, 0.1) is 16.9 Å². The summed E-state index contributed by atoms with van der Waals surface area (Å²) in [4.78, 5) is 27.0. The van der Waals surface area contributed by atoms with Gasteiger partial charge in [-0.3, -0.25) is 9.59 Å². The highest BCUT2D eigenvalue weighted by molar-refractivity contribution is 6.31.